The van der Waals surface area contributed by atoms with Crippen molar-refractivity contribution in [2.24, 2.45) is 0 Å². The summed E-state index contributed by atoms with van der Waals surface area (Å²) in [6, 6.07) is 30.5. The highest BCUT2D eigenvalue weighted by atomic mass is 16.5. The second kappa shape index (κ2) is 11.4. The summed E-state index contributed by atoms with van der Waals surface area (Å²) in [7, 11) is 0. The van der Waals surface area contributed by atoms with Crippen molar-refractivity contribution in [1.29, 1.82) is 0 Å². The van der Waals surface area contributed by atoms with Crippen molar-refractivity contribution in [2.45, 2.75) is 6.10 Å². The lowest BCUT2D eigenvalue weighted by Gasteiger charge is -2.34. The number of hydrogen-bond acceptors (Lipinski definition) is 3. The van der Waals surface area contributed by atoms with Gasteiger partial charge in [-0.25, -0.2) is 0 Å². The average Bonchev–Trinajstić information content (AvgIpc) is 2.86. The number of piperazine rings is 1. The van der Waals surface area contributed by atoms with E-state index < -0.39 is 0 Å². The summed E-state index contributed by atoms with van der Waals surface area (Å²) in [5.74, 6) is 0.0568. The number of amides is 1. The van der Waals surface area contributed by atoms with E-state index in [-0.39, 0.29) is 18.6 Å². The van der Waals surface area contributed by atoms with Crippen LogP contribution in [0, 0.1) is 0 Å². The first-order valence-corrected chi connectivity index (χ1v) is 11.2. The predicted octanol–water partition coefficient (Wildman–Crippen LogP) is 4.65. The van der Waals surface area contributed by atoms with E-state index in [0.29, 0.717) is 0 Å². The maximum atomic E-state index is 12.8. The summed E-state index contributed by atoms with van der Waals surface area (Å²) in [5, 5.41) is 0. The maximum Gasteiger partial charge on any atom is 0.248 e. The first-order valence-electron chi connectivity index (χ1n) is 11.2. The van der Waals surface area contributed by atoms with Crippen molar-refractivity contribution < 1.29 is 9.53 Å². The van der Waals surface area contributed by atoms with Gasteiger partial charge < -0.3 is 9.64 Å². The fraction of sp³-hybridized carbons (Fsp3) is 0.250. The smallest absolute Gasteiger partial charge is 0.248 e. The molecule has 3 aromatic rings. The van der Waals surface area contributed by atoms with E-state index >= 15 is 0 Å². The zero-order valence-corrected chi connectivity index (χ0v) is 18.3. The fourth-order valence-corrected chi connectivity index (χ4v) is 3.97. The molecule has 164 valence electrons. The van der Waals surface area contributed by atoms with Crippen LogP contribution >= 0.6 is 0 Å². The number of ether oxygens (including phenoxy) is 1. The Morgan fingerprint density at radius 1 is 0.781 bits per heavy atom. The fourth-order valence-electron chi connectivity index (χ4n) is 3.97. The predicted molar refractivity (Wildman–Crippen MR) is 129 cm³/mol. The van der Waals surface area contributed by atoms with E-state index in [9.17, 15) is 4.79 Å². The topological polar surface area (TPSA) is 32.8 Å². The maximum absolute atomic E-state index is 12.8. The monoisotopic (exact) mass is 426 g/mol. The molecule has 1 amide bonds. The van der Waals surface area contributed by atoms with Crippen LogP contribution in [0.3, 0.4) is 0 Å². The van der Waals surface area contributed by atoms with Crippen molar-refractivity contribution in [2.75, 3.05) is 39.3 Å². The lowest BCUT2D eigenvalue weighted by Crippen LogP contribution is -2.49. The normalized spacial score (nSPS) is 14.8. The Kier molecular flexibility index (Phi) is 7.85. The van der Waals surface area contributed by atoms with Crippen LogP contribution in [0.15, 0.2) is 97.1 Å². The molecule has 0 unspecified atom stereocenters. The number of hydrogen-bond donors (Lipinski definition) is 0. The standard InChI is InChI=1S/C28H30N2O2/c31-27(23-32-28(25-14-6-2-7-15-25)26-16-8-3-9-17-26)30-21-19-29(20-22-30)18-10-13-24-11-4-1-5-12-24/h1-17,28H,18-23H2. The lowest BCUT2D eigenvalue weighted by atomic mass is 10.0. The lowest BCUT2D eigenvalue weighted by molar-refractivity contribution is -0.139. The number of nitrogens with zero attached hydrogens (tertiary/aromatic N) is 2. The largest absolute Gasteiger partial charge is 0.359 e. The van der Waals surface area contributed by atoms with Crippen molar-refractivity contribution in [3.8, 4) is 0 Å². The number of carbonyl (C=O) groups is 1. The molecule has 4 nitrogen and oxygen atoms in total. The van der Waals surface area contributed by atoms with Gasteiger partial charge in [-0.05, 0) is 16.7 Å². The number of rotatable bonds is 8. The van der Waals surface area contributed by atoms with Gasteiger partial charge in [0.05, 0.1) is 0 Å². The second-order valence-corrected chi connectivity index (χ2v) is 8.01. The molecule has 4 heteroatoms. The van der Waals surface area contributed by atoms with E-state index in [0.717, 1.165) is 43.9 Å². The Balaban J connectivity index is 1.27. The van der Waals surface area contributed by atoms with Gasteiger partial charge in [-0.2, -0.15) is 0 Å². The van der Waals surface area contributed by atoms with Crippen molar-refractivity contribution >= 4 is 12.0 Å². The van der Waals surface area contributed by atoms with E-state index in [4.69, 9.17) is 4.74 Å². The molecule has 0 aromatic heterocycles. The van der Waals surface area contributed by atoms with Crippen LogP contribution in [0.25, 0.3) is 6.08 Å². The summed E-state index contributed by atoms with van der Waals surface area (Å²) >= 11 is 0. The summed E-state index contributed by atoms with van der Waals surface area (Å²) in [5.41, 5.74) is 3.33. The molecule has 0 N–H and O–H groups in total. The van der Waals surface area contributed by atoms with Gasteiger partial charge in [0.25, 0.3) is 0 Å². The Hall–Kier alpha value is -3.21. The minimum atomic E-state index is -0.245. The van der Waals surface area contributed by atoms with Gasteiger partial charge in [0.1, 0.15) is 12.7 Å². The molecule has 0 aliphatic carbocycles. The summed E-state index contributed by atoms with van der Waals surface area (Å²) < 4.78 is 6.15. The molecule has 1 aliphatic rings. The van der Waals surface area contributed by atoms with Crippen molar-refractivity contribution in [3.63, 3.8) is 0 Å². The Labute approximate surface area is 190 Å². The van der Waals surface area contributed by atoms with Gasteiger partial charge >= 0.3 is 0 Å². The van der Waals surface area contributed by atoms with Crippen LogP contribution in [0.5, 0.6) is 0 Å². The molecule has 1 fully saturated rings. The van der Waals surface area contributed by atoms with E-state index in [1.54, 1.807) is 0 Å². The van der Waals surface area contributed by atoms with Crippen LogP contribution in [0.4, 0.5) is 0 Å². The van der Waals surface area contributed by atoms with Crippen molar-refractivity contribution in [3.05, 3.63) is 114 Å². The van der Waals surface area contributed by atoms with Gasteiger partial charge in [0.2, 0.25) is 5.91 Å². The zero-order valence-electron chi connectivity index (χ0n) is 18.3. The highest BCUT2D eigenvalue weighted by Crippen LogP contribution is 2.25. The first kappa shape index (κ1) is 22.0. The average molecular weight is 427 g/mol. The minimum Gasteiger partial charge on any atom is -0.359 e. The summed E-state index contributed by atoms with van der Waals surface area (Å²) in [6.45, 7) is 4.22. The molecule has 0 radical (unpaired) electrons. The molecule has 0 atom stereocenters. The van der Waals surface area contributed by atoms with Crippen LogP contribution in [0.2, 0.25) is 0 Å². The van der Waals surface area contributed by atoms with Crippen LogP contribution < -0.4 is 0 Å². The Morgan fingerprint density at radius 2 is 1.31 bits per heavy atom. The second-order valence-electron chi connectivity index (χ2n) is 8.01. The third-order valence-electron chi connectivity index (χ3n) is 5.78. The zero-order chi connectivity index (χ0) is 22.0. The molecular formula is C28H30N2O2. The molecule has 1 heterocycles. The number of benzene rings is 3. The third-order valence-corrected chi connectivity index (χ3v) is 5.78. The first-order chi connectivity index (χ1) is 15.8. The van der Waals surface area contributed by atoms with E-state index in [1.165, 1.54) is 5.56 Å². The van der Waals surface area contributed by atoms with Crippen LogP contribution in [0.1, 0.15) is 22.8 Å². The van der Waals surface area contributed by atoms with Crippen LogP contribution in [-0.2, 0) is 9.53 Å². The molecule has 32 heavy (non-hydrogen) atoms. The molecule has 1 saturated heterocycles. The van der Waals surface area contributed by atoms with Gasteiger partial charge in [-0.15, -0.1) is 0 Å². The molecule has 0 bridgehead atoms. The highest BCUT2D eigenvalue weighted by Gasteiger charge is 2.22. The Morgan fingerprint density at radius 3 is 1.88 bits per heavy atom. The van der Waals surface area contributed by atoms with Gasteiger partial charge in [0.15, 0.2) is 0 Å². The molecular weight excluding hydrogens is 396 g/mol. The summed E-state index contributed by atoms with van der Waals surface area (Å²) in [6.07, 6.45) is 4.10. The van der Waals surface area contributed by atoms with Crippen LogP contribution in [-0.4, -0.2) is 55.0 Å². The quantitative estimate of drug-likeness (QED) is 0.526. The molecule has 4 rings (SSSR count). The summed E-state index contributed by atoms with van der Waals surface area (Å²) in [4.78, 5) is 17.1. The molecule has 0 saturated carbocycles. The number of carbonyl (C=O) groups excluding carboxylic acids is 1. The molecule has 0 spiro atoms. The van der Waals surface area contributed by atoms with Gasteiger partial charge in [0, 0.05) is 32.7 Å². The minimum absolute atomic E-state index is 0.0568. The van der Waals surface area contributed by atoms with Gasteiger partial charge in [-0.1, -0.05) is 103 Å². The van der Waals surface area contributed by atoms with E-state index in [2.05, 4.69) is 29.2 Å². The molecule has 1 aliphatic heterocycles. The van der Waals surface area contributed by atoms with E-state index in [1.807, 2.05) is 83.8 Å². The highest BCUT2D eigenvalue weighted by molar-refractivity contribution is 5.77. The SMILES string of the molecule is O=C(COC(c1ccccc1)c1ccccc1)N1CCN(CC=Cc2ccccc2)CC1. The van der Waals surface area contributed by atoms with Crippen molar-refractivity contribution in [1.82, 2.24) is 9.80 Å². The Bertz CT molecular complexity index is 942. The third kappa shape index (κ3) is 6.16. The van der Waals surface area contributed by atoms with Gasteiger partial charge in [-0.3, -0.25) is 9.69 Å². The molecule has 3 aromatic carbocycles.